The van der Waals surface area contributed by atoms with Gasteiger partial charge in [0.1, 0.15) is 11.3 Å². The van der Waals surface area contributed by atoms with Gasteiger partial charge < -0.3 is 5.11 Å². The fourth-order valence-electron chi connectivity index (χ4n) is 1.47. The Hall–Kier alpha value is -1.68. The van der Waals surface area contributed by atoms with E-state index in [0.29, 0.717) is 10.4 Å². The molecule has 0 aliphatic heterocycles. The number of halogens is 2. The van der Waals surface area contributed by atoms with Crippen LogP contribution in [0.1, 0.15) is 5.69 Å². The molecule has 0 aliphatic rings. The predicted octanol–water partition coefficient (Wildman–Crippen LogP) is 2.65. The van der Waals surface area contributed by atoms with Gasteiger partial charge in [-0.1, -0.05) is 23.7 Å². The van der Waals surface area contributed by atoms with Crippen LogP contribution in [0, 0.1) is 5.82 Å². The number of carboxylic acids is 1. The maximum atomic E-state index is 13.4. The molecule has 0 atom stereocenters. The lowest BCUT2D eigenvalue weighted by Gasteiger charge is -2.04. The molecule has 0 saturated carbocycles. The Morgan fingerprint density at radius 2 is 2.25 bits per heavy atom. The summed E-state index contributed by atoms with van der Waals surface area (Å²) in [4.78, 5) is 14.5. The lowest BCUT2D eigenvalue weighted by molar-refractivity contribution is -0.136. The molecule has 1 aromatic carbocycles. The first-order valence-corrected chi connectivity index (χ1v) is 4.91. The zero-order valence-electron chi connectivity index (χ0n) is 8.08. The van der Waals surface area contributed by atoms with Gasteiger partial charge in [0.25, 0.3) is 0 Å². The van der Waals surface area contributed by atoms with E-state index in [0.717, 1.165) is 0 Å². The topological polar surface area (TPSA) is 50.2 Å². The van der Waals surface area contributed by atoms with Crippen molar-refractivity contribution in [2.24, 2.45) is 0 Å². The van der Waals surface area contributed by atoms with E-state index in [1.54, 1.807) is 6.07 Å². The molecule has 0 unspecified atom stereocenters. The number of pyridine rings is 1. The first-order valence-electron chi connectivity index (χ1n) is 4.53. The van der Waals surface area contributed by atoms with Crippen LogP contribution in [0.15, 0.2) is 24.3 Å². The molecule has 5 heteroatoms. The highest BCUT2D eigenvalue weighted by atomic mass is 35.5. The first-order chi connectivity index (χ1) is 7.58. The molecule has 1 heterocycles. The van der Waals surface area contributed by atoms with E-state index in [1.807, 2.05) is 0 Å². The number of fused-ring (bicyclic) bond motifs is 1. The van der Waals surface area contributed by atoms with Gasteiger partial charge in [0.2, 0.25) is 0 Å². The molecule has 0 fully saturated rings. The van der Waals surface area contributed by atoms with Crippen molar-refractivity contribution in [2.45, 2.75) is 6.42 Å². The number of benzene rings is 1. The van der Waals surface area contributed by atoms with Crippen LogP contribution in [0.3, 0.4) is 0 Å². The molecule has 0 amide bonds. The van der Waals surface area contributed by atoms with Crippen molar-refractivity contribution >= 4 is 28.5 Å². The zero-order chi connectivity index (χ0) is 11.7. The maximum absolute atomic E-state index is 13.4. The van der Waals surface area contributed by atoms with Crippen LogP contribution in [0.5, 0.6) is 0 Å². The highest BCUT2D eigenvalue weighted by molar-refractivity contribution is 6.35. The van der Waals surface area contributed by atoms with E-state index < -0.39 is 11.8 Å². The molecule has 0 spiro atoms. The van der Waals surface area contributed by atoms with Crippen molar-refractivity contribution in [3.8, 4) is 0 Å². The highest BCUT2D eigenvalue weighted by Gasteiger charge is 2.09. The minimum Gasteiger partial charge on any atom is -0.481 e. The number of carboxylic acid groups (broad SMARTS) is 1. The van der Waals surface area contributed by atoms with Crippen molar-refractivity contribution in [3.63, 3.8) is 0 Å². The molecular weight excluding hydrogens is 233 g/mol. The molecule has 2 aromatic rings. The number of hydrogen-bond donors (Lipinski definition) is 1. The lowest BCUT2D eigenvalue weighted by atomic mass is 10.1. The Labute approximate surface area is 95.5 Å². The van der Waals surface area contributed by atoms with E-state index in [1.165, 1.54) is 18.2 Å². The second kappa shape index (κ2) is 4.06. The van der Waals surface area contributed by atoms with Gasteiger partial charge in [0, 0.05) is 5.39 Å². The number of para-hydroxylation sites is 1. The Balaban J connectivity index is 2.65. The third kappa shape index (κ3) is 1.97. The minimum atomic E-state index is -1.03. The summed E-state index contributed by atoms with van der Waals surface area (Å²) >= 11 is 5.92. The summed E-state index contributed by atoms with van der Waals surface area (Å²) in [5.41, 5.74) is 0.348. The number of aliphatic carboxylic acids is 1. The van der Waals surface area contributed by atoms with Crippen molar-refractivity contribution in [1.82, 2.24) is 4.98 Å². The molecule has 82 valence electrons. The van der Waals surface area contributed by atoms with Crippen LogP contribution in [0.25, 0.3) is 10.9 Å². The average molecular weight is 240 g/mol. The summed E-state index contributed by atoms with van der Waals surface area (Å²) in [6.45, 7) is 0. The van der Waals surface area contributed by atoms with Crippen LogP contribution in [-0.2, 0) is 11.2 Å². The molecule has 1 aromatic heterocycles. The maximum Gasteiger partial charge on any atom is 0.309 e. The predicted molar refractivity (Wildman–Crippen MR) is 58.1 cm³/mol. The fraction of sp³-hybridized carbons (Fsp3) is 0.0909. The zero-order valence-corrected chi connectivity index (χ0v) is 8.83. The molecule has 0 bridgehead atoms. The molecule has 0 aliphatic carbocycles. The van der Waals surface area contributed by atoms with Gasteiger partial charge in [-0.2, -0.15) is 0 Å². The van der Waals surface area contributed by atoms with E-state index in [2.05, 4.69) is 4.98 Å². The van der Waals surface area contributed by atoms with Crippen LogP contribution < -0.4 is 0 Å². The number of nitrogens with zero attached hydrogens (tertiary/aromatic N) is 1. The van der Waals surface area contributed by atoms with Crippen molar-refractivity contribution < 1.29 is 14.3 Å². The van der Waals surface area contributed by atoms with Crippen LogP contribution in [0.2, 0.25) is 5.02 Å². The van der Waals surface area contributed by atoms with Crippen LogP contribution >= 0.6 is 11.6 Å². The van der Waals surface area contributed by atoms with Crippen molar-refractivity contribution in [1.29, 1.82) is 0 Å². The lowest BCUT2D eigenvalue weighted by Crippen LogP contribution is -2.03. The molecular formula is C11H7ClFNO2. The number of rotatable bonds is 2. The molecule has 0 saturated heterocycles. The Kier molecular flexibility index (Phi) is 2.75. The fourth-order valence-corrected chi connectivity index (χ4v) is 1.75. The molecule has 16 heavy (non-hydrogen) atoms. The van der Waals surface area contributed by atoms with Gasteiger partial charge in [0.15, 0.2) is 0 Å². The van der Waals surface area contributed by atoms with E-state index in [-0.39, 0.29) is 17.6 Å². The van der Waals surface area contributed by atoms with Crippen LogP contribution in [-0.4, -0.2) is 16.1 Å². The summed E-state index contributed by atoms with van der Waals surface area (Å²) in [5, 5.41) is 9.41. The summed E-state index contributed by atoms with van der Waals surface area (Å²) in [6.07, 6.45) is -0.274. The van der Waals surface area contributed by atoms with Gasteiger partial charge in [-0.25, -0.2) is 9.37 Å². The Bertz CT molecular complexity index is 571. The molecule has 1 N–H and O–H groups in total. The monoisotopic (exact) mass is 239 g/mol. The Morgan fingerprint density at radius 3 is 2.94 bits per heavy atom. The third-order valence-electron chi connectivity index (χ3n) is 2.13. The third-order valence-corrected chi connectivity index (χ3v) is 2.44. The summed E-state index contributed by atoms with van der Waals surface area (Å²) in [5.74, 6) is -1.54. The van der Waals surface area contributed by atoms with E-state index in [9.17, 15) is 9.18 Å². The average Bonchev–Trinajstić information content (AvgIpc) is 2.19. The van der Waals surface area contributed by atoms with Crippen LogP contribution in [0.4, 0.5) is 4.39 Å². The van der Waals surface area contributed by atoms with Gasteiger partial charge in [-0.3, -0.25) is 4.79 Å². The number of carbonyl (C=O) groups is 1. The molecule has 3 nitrogen and oxygen atoms in total. The normalized spacial score (nSPS) is 10.6. The van der Waals surface area contributed by atoms with Gasteiger partial charge in [-0.05, 0) is 12.1 Å². The number of hydrogen-bond acceptors (Lipinski definition) is 2. The van der Waals surface area contributed by atoms with Gasteiger partial charge in [-0.15, -0.1) is 0 Å². The first kappa shape index (κ1) is 10.8. The number of aromatic nitrogens is 1. The van der Waals surface area contributed by atoms with E-state index in [4.69, 9.17) is 16.7 Å². The largest absolute Gasteiger partial charge is 0.481 e. The quantitative estimate of drug-likeness (QED) is 0.877. The SMILES string of the molecule is O=C(O)Cc1cc(Cl)c2cccc(F)c2n1. The smallest absolute Gasteiger partial charge is 0.309 e. The summed E-state index contributed by atoms with van der Waals surface area (Å²) in [7, 11) is 0. The minimum absolute atomic E-state index is 0.103. The van der Waals surface area contributed by atoms with Gasteiger partial charge >= 0.3 is 5.97 Å². The summed E-state index contributed by atoms with van der Waals surface area (Å²) < 4.78 is 13.4. The van der Waals surface area contributed by atoms with Gasteiger partial charge in [0.05, 0.1) is 17.1 Å². The standard InChI is InChI=1S/C11H7ClFNO2/c12-8-4-6(5-10(15)16)14-11-7(8)2-1-3-9(11)13/h1-4H,5H2,(H,15,16). The van der Waals surface area contributed by atoms with Crippen molar-refractivity contribution in [2.75, 3.05) is 0 Å². The molecule has 2 rings (SSSR count). The Morgan fingerprint density at radius 1 is 1.50 bits per heavy atom. The van der Waals surface area contributed by atoms with E-state index >= 15 is 0 Å². The molecule has 0 radical (unpaired) electrons. The summed E-state index contributed by atoms with van der Waals surface area (Å²) in [6, 6.07) is 5.87. The van der Waals surface area contributed by atoms with Crippen molar-refractivity contribution in [3.05, 3.63) is 40.8 Å². The second-order valence-corrected chi connectivity index (χ2v) is 3.71. The highest BCUT2D eigenvalue weighted by Crippen LogP contribution is 2.24. The second-order valence-electron chi connectivity index (χ2n) is 3.30.